The summed E-state index contributed by atoms with van der Waals surface area (Å²) in [5.74, 6) is 0.0834. The summed E-state index contributed by atoms with van der Waals surface area (Å²) in [6.45, 7) is 2.27. The summed E-state index contributed by atoms with van der Waals surface area (Å²) in [5, 5.41) is 9.33. The zero-order valence-electron chi connectivity index (χ0n) is 9.50. The number of β-amino-alcohol motifs (C(OH)–C–C–N with tert-alkyl or cyclic N) is 1. The Labute approximate surface area is 106 Å². The molecule has 0 saturated carbocycles. The summed E-state index contributed by atoms with van der Waals surface area (Å²) >= 11 is 5.49. The Hall–Kier alpha value is -1.08. The topological polar surface area (TPSA) is 49.2 Å². The van der Waals surface area contributed by atoms with Crippen LogP contribution in [0.3, 0.4) is 0 Å². The Bertz CT molecular complexity index is 464. The van der Waals surface area contributed by atoms with Crippen molar-refractivity contribution in [2.45, 2.75) is 25.1 Å². The van der Waals surface area contributed by atoms with E-state index in [4.69, 9.17) is 11.6 Å². The van der Waals surface area contributed by atoms with E-state index in [1.165, 1.54) is 0 Å². The third-order valence-corrected chi connectivity index (χ3v) is 2.92. The van der Waals surface area contributed by atoms with Gasteiger partial charge in [0.1, 0.15) is 5.82 Å². The first-order chi connectivity index (χ1) is 8.17. The van der Waals surface area contributed by atoms with Crippen molar-refractivity contribution in [1.82, 2.24) is 9.97 Å². The smallest absolute Gasteiger partial charge is 0.388 e. The van der Waals surface area contributed by atoms with Crippen molar-refractivity contribution in [2.75, 3.05) is 18.0 Å². The Kier molecular flexibility index (Phi) is 3.14. The lowest BCUT2D eigenvalue weighted by molar-refractivity contribution is -0.141. The van der Waals surface area contributed by atoms with E-state index in [1.807, 2.05) is 0 Å². The molecule has 0 amide bonds. The van der Waals surface area contributed by atoms with Gasteiger partial charge in [0.05, 0.1) is 5.60 Å². The Morgan fingerprint density at radius 1 is 1.44 bits per heavy atom. The lowest BCUT2D eigenvalue weighted by Crippen LogP contribution is -2.30. The molecule has 0 radical (unpaired) electrons. The van der Waals surface area contributed by atoms with E-state index in [1.54, 1.807) is 11.8 Å². The maximum atomic E-state index is 12.6. The highest BCUT2D eigenvalue weighted by atomic mass is 35.5. The van der Waals surface area contributed by atoms with E-state index < -0.39 is 22.8 Å². The van der Waals surface area contributed by atoms with Gasteiger partial charge in [-0.25, -0.2) is 9.97 Å². The maximum Gasteiger partial charge on any atom is 0.433 e. The van der Waals surface area contributed by atoms with E-state index in [9.17, 15) is 18.3 Å². The molecule has 8 heteroatoms. The third kappa shape index (κ3) is 2.84. The molecule has 1 aromatic rings. The Morgan fingerprint density at radius 3 is 2.61 bits per heavy atom. The molecule has 0 spiro atoms. The van der Waals surface area contributed by atoms with Gasteiger partial charge in [-0.1, -0.05) is 0 Å². The van der Waals surface area contributed by atoms with E-state index >= 15 is 0 Å². The lowest BCUT2D eigenvalue weighted by Gasteiger charge is -2.20. The molecular weight excluding hydrogens is 271 g/mol. The normalized spacial score (nSPS) is 24.7. The van der Waals surface area contributed by atoms with Crippen LogP contribution in [0.2, 0.25) is 5.28 Å². The van der Waals surface area contributed by atoms with Crippen LogP contribution in [0.5, 0.6) is 0 Å². The number of hydrogen-bond donors (Lipinski definition) is 1. The predicted molar refractivity (Wildman–Crippen MR) is 59.5 cm³/mol. The first-order valence-electron chi connectivity index (χ1n) is 5.26. The van der Waals surface area contributed by atoms with Crippen molar-refractivity contribution < 1.29 is 18.3 Å². The second kappa shape index (κ2) is 4.24. The number of anilines is 1. The van der Waals surface area contributed by atoms with Gasteiger partial charge in [0.2, 0.25) is 5.28 Å². The fourth-order valence-corrected chi connectivity index (χ4v) is 2.03. The highest BCUT2D eigenvalue weighted by molar-refractivity contribution is 6.28. The zero-order chi connectivity index (χ0) is 13.6. The van der Waals surface area contributed by atoms with Crippen molar-refractivity contribution in [3.63, 3.8) is 0 Å². The maximum absolute atomic E-state index is 12.6. The Morgan fingerprint density at radius 2 is 2.11 bits per heavy atom. The molecule has 1 fully saturated rings. The number of aliphatic hydroxyl groups is 1. The number of hydrogen-bond acceptors (Lipinski definition) is 4. The highest BCUT2D eigenvalue weighted by Gasteiger charge is 2.36. The molecule has 1 saturated heterocycles. The van der Waals surface area contributed by atoms with Crippen molar-refractivity contribution in [3.8, 4) is 0 Å². The van der Waals surface area contributed by atoms with Gasteiger partial charge in [0.25, 0.3) is 0 Å². The molecular formula is C10H11ClF3N3O. The molecule has 100 valence electrons. The van der Waals surface area contributed by atoms with Crippen LogP contribution in [0, 0.1) is 0 Å². The summed E-state index contributed by atoms with van der Waals surface area (Å²) in [7, 11) is 0. The van der Waals surface area contributed by atoms with E-state index in [0.717, 1.165) is 6.07 Å². The van der Waals surface area contributed by atoms with Crippen LogP contribution < -0.4 is 4.90 Å². The molecule has 0 aliphatic carbocycles. The third-order valence-electron chi connectivity index (χ3n) is 2.75. The van der Waals surface area contributed by atoms with Gasteiger partial charge < -0.3 is 10.0 Å². The van der Waals surface area contributed by atoms with E-state index in [2.05, 4.69) is 9.97 Å². The zero-order valence-corrected chi connectivity index (χ0v) is 10.3. The molecule has 4 nitrogen and oxygen atoms in total. The lowest BCUT2D eigenvalue weighted by atomic mass is 10.1. The molecule has 0 aromatic carbocycles. The molecule has 2 heterocycles. The van der Waals surface area contributed by atoms with Crippen molar-refractivity contribution >= 4 is 17.4 Å². The van der Waals surface area contributed by atoms with E-state index in [0.29, 0.717) is 13.0 Å². The quantitative estimate of drug-likeness (QED) is 0.801. The molecule has 1 aliphatic heterocycles. The summed E-state index contributed by atoms with van der Waals surface area (Å²) in [6, 6.07) is 0.841. The van der Waals surface area contributed by atoms with Crippen molar-refractivity contribution in [3.05, 3.63) is 17.0 Å². The van der Waals surface area contributed by atoms with Crippen molar-refractivity contribution in [2.24, 2.45) is 0 Å². The number of nitrogens with zero attached hydrogens (tertiary/aromatic N) is 3. The second-order valence-corrected chi connectivity index (χ2v) is 4.88. The fourth-order valence-electron chi connectivity index (χ4n) is 1.85. The van der Waals surface area contributed by atoms with Gasteiger partial charge in [-0.05, 0) is 24.9 Å². The van der Waals surface area contributed by atoms with Crippen LogP contribution in [-0.4, -0.2) is 33.8 Å². The van der Waals surface area contributed by atoms with Crippen LogP contribution in [0.15, 0.2) is 6.07 Å². The molecule has 0 bridgehead atoms. The molecule has 1 aromatic heterocycles. The fraction of sp³-hybridized carbons (Fsp3) is 0.600. The van der Waals surface area contributed by atoms with Gasteiger partial charge in [-0.3, -0.25) is 0 Å². The number of alkyl halides is 3. The number of rotatable bonds is 1. The minimum atomic E-state index is -4.57. The summed E-state index contributed by atoms with van der Waals surface area (Å²) in [4.78, 5) is 8.48. The van der Waals surface area contributed by atoms with Gasteiger partial charge in [0, 0.05) is 19.2 Å². The van der Waals surface area contributed by atoms with Gasteiger partial charge in [-0.15, -0.1) is 0 Å². The minimum absolute atomic E-state index is 0.0834. The van der Waals surface area contributed by atoms with Crippen molar-refractivity contribution in [1.29, 1.82) is 0 Å². The van der Waals surface area contributed by atoms with Gasteiger partial charge in [-0.2, -0.15) is 13.2 Å². The molecule has 2 rings (SSSR count). The van der Waals surface area contributed by atoms with Crippen LogP contribution in [0.1, 0.15) is 19.0 Å². The average molecular weight is 282 g/mol. The molecule has 1 N–H and O–H groups in total. The molecule has 1 atom stereocenters. The molecule has 1 unspecified atom stereocenters. The average Bonchev–Trinajstić information content (AvgIpc) is 2.56. The largest absolute Gasteiger partial charge is 0.433 e. The first kappa shape index (κ1) is 13.4. The van der Waals surface area contributed by atoms with E-state index in [-0.39, 0.29) is 12.4 Å². The van der Waals surface area contributed by atoms with Gasteiger partial charge >= 0.3 is 6.18 Å². The predicted octanol–water partition coefficient (Wildman–Crippen LogP) is 2.11. The minimum Gasteiger partial charge on any atom is -0.388 e. The van der Waals surface area contributed by atoms with Crippen LogP contribution >= 0.6 is 11.6 Å². The molecule has 1 aliphatic rings. The molecule has 18 heavy (non-hydrogen) atoms. The van der Waals surface area contributed by atoms with Gasteiger partial charge in [0.15, 0.2) is 5.69 Å². The second-order valence-electron chi connectivity index (χ2n) is 4.55. The first-order valence-corrected chi connectivity index (χ1v) is 5.64. The van der Waals surface area contributed by atoms with Crippen LogP contribution in [0.25, 0.3) is 0 Å². The standard InChI is InChI=1S/C10H11ClF3N3O/c1-9(18)2-3-17(5-9)7-4-6(10(12,13)14)15-8(11)16-7/h4,18H,2-3,5H2,1H3. The summed E-state index contributed by atoms with van der Waals surface area (Å²) in [6.07, 6.45) is -4.10. The Balaban J connectivity index is 2.32. The van der Waals surface area contributed by atoms with Crippen LogP contribution in [-0.2, 0) is 6.18 Å². The summed E-state index contributed by atoms with van der Waals surface area (Å²) in [5.41, 5.74) is -2.00. The van der Waals surface area contributed by atoms with Crippen LogP contribution in [0.4, 0.5) is 19.0 Å². The highest BCUT2D eigenvalue weighted by Crippen LogP contribution is 2.32. The monoisotopic (exact) mass is 281 g/mol. The SMILES string of the molecule is CC1(O)CCN(c2cc(C(F)(F)F)nc(Cl)n2)C1. The number of halogens is 4. The number of aromatic nitrogens is 2. The summed E-state index contributed by atoms with van der Waals surface area (Å²) < 4.78 is 37.7.